The van der Waals surface area contributed by atoms with E-state index in [4.69, 9.17) is 10.8 Å². The van der Waals surface area contributed by atoms with Gasteiger partial charge in [-0.25, -0.2) is 0 Å². The second-order valence-corrected chi connectivity index (χ2v) is 2.30. The number of rotatable bonds is 1. The molecular formula is C8H10NO. The van der Waals surface area contributed by atoms with Crippen LogP contribution in [0.15, 0.2) is 18.2 Å². The highest BCUT2D eigenvalue weighted by Crippen LogP contribution is 2.16. The lowest BCUT2D eigenvalue weighted by Gasteiger charge is -1.99. The lowest BCUT2D eigenvalue weighted by molar-refractivity contribution is 0.471. The van der Waals surface area contributed by atoms with E-state index in [9.17, 15) is 0 Å². The van der Waals surface area contributed by atoms with Crippen LogP contribution >= 0.6 is 0 Å². The van der Waals surface area contributed by atoms with Gasteiger partial charge in [-0.2, -0.15) is 0 Å². The zero-order chi connectivity index (χ0) is 7.56. The average molecular weight is 136 g/mol. The Hall–Kier alpha value is -1.02. The molecule has 0 unspecified atom stereocenters. The zero-order valence-corrected chi connectivity index (χ0v) is 5.89. The predicted octanol–water partition coefficient (Wildman–Crippen LogP) is 1.48. The lowest BCUT2D eigenvalue weighted by atomic mass is 10.1. The van der Waals surface area contributed by atoms with Crippen LogP contribution in [0.25, 0.3) is 0 Å². The minimum absolute atomic E-state index is 0.279. The van der Waals surface area contributed by atoms with E-state index in [-0.39, 0.29) is 6.54 Å². The maximum absolute atomic E-state index is 9.08. The molecule has 0 aromatic heterocycles. The van der Waals surface area contributed by atoms with Gasteiger partial charge in [-0.1, -0.05) is 12.1 Å². The molecule has 10 heavy (non-hydrogen) atoms. The summed E-state index contributed by atoms with van der Waals surface area (Å²) in [6, 6.07) is 5.21. The van der Waals surface area contributed by atoms with Gasteiger partial charge in [0, 0.05) is 6.54 Å². The second kappa shape index (κ2) is 2.71. The Labute approximate surface area is 60.3 Å². The molecule has 0 fully saturated rings. The first-order valence-corrected chi connectivity index (χ1v) is 3.17. The molecule has 1 radical (unpaired) electrons. The highest BCUT2D eigenvalue weighted by atomic mass is 16.3. The van der Waals surface area contributed by atoms with E-state index in [1.54, 1.807) is 12.1 Å². The number of hydrogen-bond acceptors (Lipinski definition) is 1. The largest absolute Gasteiger partial charge is 0.508 e. The molecule has 2 nitrogen and oxygen atoms in total. The number of hydrogen-bond donors (Lipinski definition) is 1. The van der Waals surface area contributed by atoms with Crippen molar-refractivity contribution in [1.82, 2.24) is 5.73 Å². The lowest BCUT2D eigenvalue weighted by Crippen LogP contribution is -1.85. The average Bonchev–Trinajstić information content (AvgIpc) is 1.95. The van der Waals surface area contributed by atoms with Crippen molar-refractivity contribution in [2.45, 2.75) is 13.5 Å². The maximum Gasteiger partial charge on any atom is 0.118 e. The van der Waals surface area contributed by atoms with E-state index in [0.29, 0.717) is 5.75 Å². The first-order valence-electron chi connectivity index (χ1n) is 3.17. The van der Waals surface area contributed by atoms with E-state index in [0.717, 1.165) is 11.1 Å². The van der Waals surface area contributed by atoms with E-state index in [1.165, 1.54) is 0 Å². The third-order valence-electron chi connectivity index (χ3n) is 1.47. The van der Waals surface area contributed by atoms with Gasteiger partial charge >= 0.3 is 0 Å². The molecule has 0 atom stereocenters. The maximum atomic E-state index is 9.08. The van der Waals surface area contributed by atoms with Gasteiger partial charge in [0.1, 0.15) is 5.75 Å². The van der Waals surface area contributed by atoms with E-state index >= 15 is 0 Å². The van der Waals surface area contributed by atoms with Crippen molar-refractivity contribution in [2.75, 3.05) is 0 Å². The number of aryl methyl sites for hydroxylation is 1. The third kappa shape index (κ3) is 1.28. The van der Waals surface area contributed by atoms with Crippen LogP contribution in [0.4, 0.5) is 0 Å². The van der Waals surface area contributed by atoms with Crippen LogP contribution in [-0.4, -0.2) is 5.11 Å². The van der Waals surface area contributed by atoms with Gasteiger partial charge in [0.05, 0.1) is 0 Å². The molecule has 0 aliphatic rings. The Morgan fingerprint density at radius 2 is 2.20 bits per heavy atom. The number of nitrogens with one attached hydrogen (secondary N) is 1. The molecule has 1 aromatic rings. The molecule has 0 aliphatic carbocycles. The second-order valence-electron chi connectivity index (χ2n) is 2.30. The van der Waals surface area contributed by atoms with Gasteiger partial charge < -0.3 is 5.11 Å². The topological polar surface area (TPSA) is 44.0 Å². The van der Waals surface area contributed by atoms with Crippen LogP contribution in [0.3, 0.4) is 0 Å². The highest BCUT2D eigenvalue weighted by molar-refractivity contribution is 5.34. The van der Waals surface area contributed by atoms with Crippen molar-refractivity contribution in [3.63, 3.8) is 0 Å². The summed E-state index contributed by atoms with van der Waals surface area (Å²) in [5.41, 5.74) is 8.81. The third-order valence-corrected chi connectivity index (χ3v) is 1.47. The smallest absolute Gasteiger partial charge is 0.118 e. The van der Waals surface area contributed by atoms with Crippen molar-refractivity contribution in [3.8, 4) is 5.75 Å². The van der Waals surface area contributed by atoms with Crippen LogP contribution in [0.2, 0.25) is 0 Å². The number of benzene rings is 1. The fourth-order valence-corrected chi connectivity index (χ4v) is 0.828. The van der Waals surface area contributed by atoms with Crippen molar-refractivity contribution in [2.24, 2.45) is 0 Å². The summed E-state index contributed by atoms with van der Waals surface area (Å²) in [4.78, 5) is 0. The van der Waals surface area contributed by atoms with Crippen molar-refractivity contribution >= 4 is 0 Å². The molecule has 0 spiro atoms. The molecule has 0 heterocycles. The summed E-state index contributed by atoms with van der Waals surface area (Å²) in [6.07, 6.45) is 0. The molecule has 1 rings (SSSR count). The summed E-state index contributed by atoms with van der Waals surface area (Å²) in [6.45, 7) is 2.11. The number of phenolic OH excluding ortho intramolecular Hbond substituents is 1. The molecule has 0 aliphatic heterocycles. The number of phenols is 1. The van der Waals surface area contributed by atoms with Gasteiger partial charge in [-0.3, -0.25) is 5.73 Å². The summed E-state index contributed by atoms with van der Waals surface area (Å²) in [7, 11) is 0. The molecule has 53 valence electrons. The molecule has 0 amide bonds. The van der Waals surface area contributed by atoms with Gasteiger partial charge in [-0.05, 0) is 24.1 Å². The fraction of sp³-hybridized carbons (Fsp3) is 0.250. The van der Waals surface area contributed by atoms with Gasteiger partial charge in [0.2, 0.25) is 0 Å². The Bertz CT molecular complexity index is 233. The zero-order valence-electron chi connectivity index (χ0n) is 5.89. The molecular weight excluding hydrogens is 126 g/mol. The Morgan fingerprint density at radius 3 is 2.70 bits per heavy atom. The van der Waals surface area contributed by atoms with Gasteiger partial charge in [-0.15, -0.1) is 0 Å². The molecule has 2 N–H and O–H groups in total. The van der Waals surface area contributed by atoms with Crippen LogP contribution < -0.4 is 5.73 Å². The van der Waals surface area contributed by atoms with Crippen molar-refractivity contribution < 1.29 is 5.11 Å². The minimum atomic E-state index is 0.279. The molecule has 2 heteroatoms. The van der Waals surface area contributed by atoms with Crippen LogP contribution in [0.1, 0.15) is 11.1 Å². The van der Waals surface area contributed by atoms with Gasteiger partial charge in [0.25, 0.3) is 0 Å². The summed E-state index contributed by atoms with van der Waals surface area (Å²) >= 11 is 0. The Kier molecular flexibility index (Phi) is 1.92. The monoisotopic (exact) mass is 136 g/mol. The first-order chi connectivity index (χ1) is 4.74. The summed E-state index contributed by atoms with van der Waals surface area (Å²) in [5, 5.41) is 9.08. The standard InChI is InChI=1S/C8H10NO/c1-6-4-7(5-9)2-3-8(6)10/h2-4,9-10H,5H2,1H3. The normalized spacial score (nSPS) is 9.80. The molecule has 0 saturated heterocycles. The molecule has 1 aromatic carbocycles. The van der Waals surface area contributed by atoms with Crippen LogP contribution in [-0.2, 0) is 6.54 Å². The molecule has 0 bridgehead atoms. The van der Waals surface area contributed by atoms with Crippen LogP contribution in [0, 0.1) is 6.92 Å². The van der Waals surface area contributed by atoms with E-state index in [2.05, 4.69) is 0 Å². The Balaban J connectivity index is 3.04. The minimum Gasteiger partial charge on any atom is -0.508 e. The number of aromatic hydroxyl groups is 1. The van der Waals surface area contributed by atoms with Crippen LogP contribution in [0.5, 0.6) is 5.75 Å². The SMILES string of the molecule is Cc1cc(C[NH])ccc1O. The van der Waals surface area contributed by atoms with E-state index < -0.39 is 0 Å². The summed E-state index contributed by atoms with van der Waals surface area (Å²) in [5.74, 6) is 0.303. The highest BCUT2D eigenvalue weighted by Gasteiger charge is 1.94. The van der Waals surface area contributed by atoms with E-state index in [1.807, 2.05) is 13.0 Å². The van der Waals surface area contributed by atoms with Gasteiger partial charge in [0.15, 0.2) is 0 Å². The summed E-state index contributed by atoms with van der Waals surface area (Å²) < 4.78 is 0. The van der Waals surface area contributed by atoms with Crippen molar-refractivity contribution in [1.29, 1.82) is 0 Å². The Morgan fingerprint density at radius 1 is 1.50 bits per heavy atom. The molecule has 0 saturated carbocycles. The van der Waals surface area contributed by atoms with Crippen molar-refractivity contribution in [3.05, 3.63) is 29.3 Å². The first kappa shape index (κ1) is 7.09. The predicted molar refractivity (Wildman–Crippen MR) is 39.6 cm³/mol. The fourth-order valence-electron chi connectivity index (χ4n) is 0.828. The quantitative estimate of drug-likeness (QED) is 0.624.